The number of ether oxygens (including phenoxy) is 2. The van der Waals surface area contributed by atoms with Crippen LogP contribution in [-0.2, 0) is 19.6 Å². The maximum atomic E-state index is 13.2. The molecule has 0 bridgehead atoms. The molecule has 0 unspecified atom stereocenters. The van der Waals surface area contributed by atoms with E-state index < -0.39 is 22.5 Å². The van der Waals surface area contributed by atoms with E-state index in [1.165, 1.54) is 12.1 Å². The zero-order chi connectivity index (χ0) is 20.0. The van der Waals surface area contributed by atoms with Crippen LogP contribution in [0.15, 0.2) is 53.4 Å². The molecule has 0 amide bonds. The number of benzene rings is 2. The number of anilines is 1. The average Bonchev–Trinajstić information content (AvgIpc) is 2.60. The van der Waals surface area contributed by atoms with E-state index in [1.54, 1.807) is 50.2 Å². The smallest absolute Gasteiger partial charge is 0.327 e. The fraction of sp³-hybridized carbons (Fsp3) is 0.350. The highest BCUT2D eigenvalue weighted by atomic mass is 32.2. The second-order valence-electron chi connectivity index (χ2n) is 6.29. The number of nitrogens with zero attached hydrogens (tertiary/aromatic N) is 1. The Bertz CT molecular complexity index is 858. The van der Waals surface area contributed by atoms with Crippen molar-refractivity contribution in [3.8, 4) is 5.75 Å². The highest BCUT2D eigenvalue weighted by Gasteiger charge is 2.28. The quantitative estimate of drug-likeness (QED) is 0.644. The van der Waals surface area contributed by atoms with Crippen molar-refractivity contribution in [2.45, 2.75) is 38.7 Å². The Morgan fingerprint density at radius 2 is 1.63 bits per heavy atom. The third-order valence-electron chi connectivity index (χ3n) is 3.68. The first-order valence-corrected chi connectivity index (χ1v) is 10.2. The van der Waals surface area contributed by atoms with Gasteiger partial charge in [-0.15, -0.1) is 0 Å². The molecule has 0 spiro atoms. The van der Waals surface area contributed by atoms with Crippen LogP contribution in [0, 0.1) is 6.92 Å². The molecule has 7 heteroatoms. The first kappa shape index (κ1) is 20.8. The van der Waals surface area contributed by atoms with Gasteiger partial charge in [0, 0.05) is 0 Å². The molecule has 0 aliphatic rings. The van der Waals surface area contributed by atoms with Crippen LogP contribution in [0.2, 0.25) is 0 Å². The van der Waals surface area contributed by atoms with Gasteiger partial charge in [0.25, 0.3) is 10.0 Å². The summed E-state index contributed by atoms with van der Waals surface area (Å²) >= 11 is 0. The van der Waals surface area contributed by atoms with E-state index >= 15 is 0 Å². The number of sulfonamides is 1. The molecule has 2 aromatic carbocycles. The normalized spacial score (nSPS) is 11.3. The van der Waals surface area contributed by atoms with Gasteiger partial charge >= 0.3 is 5.97 Å². The predicted molar refractivity (Wildman–Crippen MR) is 105 cm³/mol. The van der Waals surface area contributed by atoms with Gasteiger partial charge in [0.15, 0.2) is 0 Å². The van der Waals surface area contributed by atoms with Crippen molar-refractivity contribution in [1.29, 1.82) is 0 Å². The maximum Gasteiger partial charge on any atom is 0.327 e. The lowest BCUT2D eigenvalue weighted by Crippen LogP contribution is -2.37. The van der Waals surface area contributed by atoms with Crippen LogP contribution >= 0.6 is 0 Å². The van der Waals surface area contributed by atoms with Crippen molar-refractivity contribution >= 4 is 21.7 Å². The fourth-order valence-corrected chi connectivity index (χ4v) is 3.85. The standard InChI is InChI=1S/C20H25NO5S/c1-5-25-18-10-8-17(9-11-18)21(14-20(22)26-15(2)3)27(23,24)19-12-6-16(4)7-13-19/h6-13,15H,5,14H2,1-4H3. The number of rotatable bonds is 8. The average molecular weight is 391 g/mol. The molecule has 2 aromatic rings. The SMILES string of the molecule is CCOc1ccc(N(CC(=O)OC(C)C)S(=O)(=O)c2ccc(C)cc2)cc1. The van der Waals surface area contributed by atoms with Crippen LogP contribution in [-0.4, -0.2) is 33.6 Å². The predicted octanol–water partition coefficient (Wildman–Crippen LogP) is 3.54. The van der Waals surface area contributed by atoms with Gasteiger partial charge in [0.2, 0.25) is 0 Å². The molecule has 0 heterocycles. The molecular formula is C20H25NO5S. The summed E-state index contributed by atoms with van der Waals surface area (Å²) in [7, 11) is -3.94. The molecular weight excluding hydrogens is 366 g/mol. The molecule has 6 nitrogen and oxygen atoms in total. The zero-order valence-corrected chi connectivity index (χ0v) is 16.8. The molecule has 0 aliphatic carbocycles. The van der Waals surface area contributed by atoms with E-state index in [9.17, 15) is 13.2 Å². The van der Waals surface area contributed by atoms with Crippen molar-refractivity contribution in [2.75, 3.05) is 17.5 Å². The van der Waals surface area contributed by atoms with E-state index in [0.29, 0.717) is 18.0 Å². The highest BCUT2D eigenvalue weighted by Crippen LogP contribution is 2.26. The van der Waals surface area contributed by atoms with Gasteiger partial charge in [0.1, 0.15) is 12.3 Å². The van der Waals surface area contributed by atoms with Crippen molar-refractivity contribution in [3.63, 3.8) is 0 Å². The van der Waals surface area contributed by atoms with Crippen LogP contribution in [0.4, 0.5) is 5.69 Å². The molecule has 2 rings (SSSR count). The second-order valence-corrected chi connectivity index (χ2v) is 8.15. The van der Waals surface area contributed by atoms with Crippen molar-refractivity contribution in [3.05, 3.63) is 54.1 Å². The molecule has 0 saturated heterocycles. The van der Waals surface area contributed by atoms with Crippen molar-refractivity contribution in [1.82, 2.24) is 0 Å². The first-order valence-electron chi connectivity index (χ1n) is 8.75. The number of hydrogen-bond acceptors (Lipinski definition) is 5. The van der Waals surface area contributed by atoms with Gasteiger partial charge in [-0.3, -0.25) is 9.10 Å². The molecule has 0 aliphatic heterocycles. The Labute approximate surface area is 160 Å². The van der Waals surface area contributed by atoms with Gasteiger partial charge in [-0.1, -0.05) is 17.7 Å². The summed E-state index contributed by atoms with van der Waals surface area (Å²) in [6, 6.07) is 13.1. The zero-order valence-electron chi connectivity index (χ0n) is 16.0. The van der Waals surface area contributed by atoms with E-state index in [0.717, 1.165) is 9.87 Å². The number of hydrogen-bond donors (Lipinski definition) is 0. The summed E-state index contributed by atoms with van der Waals surface area (Å²) < 4.78 is 37.9. The Balaban J connectivity index is 2.42. The van der Waals surface area contributed by atoms with Crippen molar-refractivity contribution in [2.24, 2.45) is 0 Å². The summed E-state index contributed by atoms with van der Waals surface area (Å²) in [6.45, 7) is 7.26. The molecule has 0 radical (unpaired) electrons. The molecule has 0 saturated carbocycles. The third-order valence-corrected chi connectivity index (χ3v) is 5.47. The largest absolute Gasteiger partial charge is 0.494 e. The number of carbonyl (C=O) groups is 1. The van der Waals surface area contributed by atoms with Gasteiger partial charge in [-0.25, -0.2) is 8.42 Å². The summed E-state index contributed by atoms with van der Waals surface area (Å²) in [4.78, 5) is 12.3. The Morgan fingerprint density at radius 3 is 2.15 bits per heavy atom. The van der Waals surface area contributed by atoms with E-state index in [1.807, 2.05) is 13.8 Å². The van der Waals surface area contributed by atoms with Crippen LogP contribution in [0.3, 0.4) is 0 Å². The Morgan fingerprint density at radius 1 is 1.04 bits per heavy atom. The van der Waals surface area contributed by atoms with Crippen LogP contribution in [0.25, 0.3) is 0 Å². The lowest BCUT2D eigenvalue weighted by atomic mass is 10.2. The lowest BCUT2D eigenvalue weighted by Gasteiger charge is -2.24. The second kappa shape index (κ2) is 8.90. The molecule has 0 atom stereocenters. The van der Waals surface area contributed by atoms with E-state index in [-0.39, 0.29) is 11.0 Å². The number of aryl methyl sites for hydroxylation is 1. The molecule has 0 N–H and O–H groups in total. The van der Waals surface area contributed by atoms with Gasteiger partial charge < -0.3 is 9.47 Å². The minimum atomic E-state index is -3.94. The van der Waals surface area contributed by atoms with E-state index in [4.69, 9.17) is 9.47 Å². The minimum Gasteiger partial charge on any atom is -0.494 e. The monoisotopic (exact) mass is 391 g/mol. The minimum absolute atomic E-state index is 0.110. The topological polar surface area (TPSA) is 72.9 Å². The molecule has 0 fully saturated rings. The lowest BCUT2D eigenvalue weighted by molar-refractivity contribution is -0.145. The van der Waals surface area contributed by atoms with Crippen LogP contribution < -0.4 is 9.04 Å². The van der Waals surface area contributed by atoms with E-state index in [2.05, 4.69) is 0 Å². The summed E-state index contributed by atoms with van der Waals surface area (Å²) in [5.74, 6) is 0.00765. The third kappa shape index (κ3) is 5.47. The van der Waals surface area contributed by atoms with Gasteiger partial charge in [0.05, 0.1) is 23.3 Å². The van der Waals surface area contributed by atoms with Gasteiger partial charge in [-0.05, 0) is 64.1 Å². The maximum absolute atomic E-state index is 13.2. The number of esters is 1. The molecule has 0 aromatic heterocycles. The highest BCUT2D eigenvalue weighted by molar-refractivity contribution is 7.92. The molecule has 27 heavy (non-hydrogen) atoms. The first-order chi connectivity index (χ1) is 12.7. The van der Waals surface area contributed by atoms with Gasteiger partial charge in [-0.2, -0.15) is 0 Å². The Hall–Kier alpha value is -2.54. The summed E-state index contributed by atoms with van der Waals surface area (Å²) in [5, 5.41) is 0. The Kier molecular flexibility index (Phi) is 6.85. The number of carbonyl (C=O) groups excluding carboxylic acids is 1. The summed E-state index contributed by atoms with van der Waals surface area (Å²) in [6.07, 6.45) is -0.332. The summed E-state index contributed by atoms with van der Waals surface area (Å²) in [5.41, 5.74) is 1.31. The van der Waals surface area contributed by atoms with Crippen LogP contribution in [0.1, 0.15) is 26.3 Å². The fourth-order valence-electron chi connectivity index (χ4n) is 2.45. The molecule has 146 valence electrons. The van der Waals surface area contributed by atoms with Crippen LogP contribution in [0.5, 0.6) is 5.75 Å². The van der Waals surface area contributed by atoms with Crippen molar-refractivity contribution < 1.29 is 22.7 Å².